The highest BCUT2D eigenvalue weighted by Crippen LogP contribution is 2.50. The standard InChI is InChI=1S/C72H110N2O2S4/c1-5-9-13-17-21-25-27-31-35-39-44-59(43-37-33-29-23-19-15-11-7-3)57-73-69(65-48-42-56-78-65)67-68(72(73)76)70(66-54-53-64(80-66)63-52-51-62(79-63)50-49-61-47-41-55-77-61)74(71(67)75)58-60(45-38-34-30-24-20-16-12-8-4)46-40-36-32-28-26-22-18-14-10-6-2/h41-42,47-56,59-60H,5-40,43-46,57-58H2,1-4H3/b50-49+. The maximum atomic E-state index is 15.8. The summed E-state index contributed by atoms with van der Waals surface area (Å²) in [6, 6.07) is 17.5. The molecule has 6 heterocycles. The minimum atomic E-state index is 0.0552. The Balaban J connectivity index is 1.27. The molecule has 2 aliphatic rings. The Hall–Kier alpha value is -3.04. The van der Waals surface area contributed by atoms with Gasteiger partial charge in [0.1, 0.15) is 0 Å². The lowest BCUT2D eigenvalue weighted by molar-refractivity contribution is -0.124. The zero-order chi connectivity index (χ0) is 56.2. The number of nitrogens with zero attached hydrogens (tertiary/aromatic N) is 2. The summed E-state index contributed by atoms with van der Waals surface area (Å²) in [5, 5.41) is 4.26. The van der Waals surface area contributed by atoms with Gasteiger partial charge >= 0.3 is 0 Å². The van der Waals surface area contributed by atoms with Gasteiger partial charge in [-0.2, -0.15) is 0 Å². The molecule has 2 atom stereocenters. The lowest BCUT2D eigenvalue weighted by Crippen LogP contribution is -2.34. The number of unbranched alkanes of at least 4 members (excludes halogenated alkanes) is 32. The van der Waals surface area contributed by atoms with Crippen LogP contribution >= 0.6 is 45.3 Å². The average molecular weight is 1160 g/mol. The molecule has 0 saturated carbocycles. The normalized spacial score (nSPS) is 14.6. The van der Waals surface area contributed by atoms with E-state index in [4.69, 9.17) is 0 Å². The van der Waals surface area contributed by atoms with Crippen molar-refractivity contribution in [3.8, 4) is 9.75 Å². The molecule has 80 heavy (non-hydrogen) atoms. The van der Waals surface area contributed by atoms with Crippen molar-refractivity contribution in [2.75, 3.05) is 13.1 Å². The van der Waals surface area contributed by atoms with Gasteiger partial charge in [-0.05, 0) is 96.8 Å². The highest BCUT2D eigenvalue weighted by atomic mass is 32.1. The fraction of sp³-hybridized carbons (Fsp3) is 0.667. The van der Waals surface area contributed by atoms with Crippen LogP contribution in [0.2, 0.25) is 0 Å². The first-order valence-corrected chi connectivity index (χ1v) is 36.9. The summed E-state index contributed by atoms with van der Waals surface area (Å²) in [6.07, 6.45) is 56.6. The van der Waals surface area contributed by atoms with Crippen molar-refractivity contribution in [1.29, 1.82) is 0 Å². The maximum absolute atomic E-state index is 15.8. The number of carbonyl (C=O) groups excluding carboxylic acids is 2. The second-order valence-electron chi connectivity index (χ2n) is 24.2. The molecule has 2 unspecified atom stereocenters. The van der Waals surface area contributed by atoms with Gasteiger partial charge in [0, 0.05) is 32.6 Å². The molecule has 0 saturated heterocycles. The van der Waals surface area contributed by atoms with Crippen LogP contribution < -0.4 is 0 Å². The number of amides is 2. The topological polar surface area (TPSA) is 40.6 Å². The third kappa shape index (κ3) is 22.8. The Morgan fingerprint density at radius 3 is 1.07 bits per heavy atom. The van der Waals surface area contributed by atoms with Gasteiger partial charge in [-0.25, -0.2) is 0 Å². The third-order valence-electron chi connectivity index (χ3n) is 17.3. The molecule has 0 aliphatic carbocycles. The van der Waals surface area contributed by atoms with Crippen molar-refractivity contribution in [3.05, 3.63) is 89.9 Å². The average Bonchev–Trinajstić information content (AvgIpc) is 4.49. The molecule has 2 amide bonds. The Morgan fingerprint density at radius 1 is 0.350 bits per heavy atom. The van der Waals surface area contributed by atoms with Crippen LogP contribution in [-0.4, -0.2) is 34.7 Å². The van der Waals surface area contributed by atoms with Crippen LogP contribution in [0.25, 0.3) is 33.3 Å². The van der Waals surface area contributed by atoms with Crippen LogP contribution in [0.5, 0.6) is 0 Å². The van der Waals surface area contributed by atoms with Gasteiger partial charge in [0.25, 0.3) is 11.8 Å². The van der Waals surface area contributed by atoms with Crippen LogP contribution in [-0.2, 0) is 9.59 Å². The number of carbonyl (C=O) groups is 2. The fourth-order valence-electron chi connectivity index (χ4n) is 12.5. The molecular weight excluding hydrogens is 1050 g/mol. The largest absolute Gasteiger partial charge is 0.306 e. The lowest BCUT2D eigenvalue weighted by atomic mass is 9.93. The van der Waals surface area contributed by atoms with Crippen molar-refractivity contribution < 1.29 is 9.59 Å². The second-order valence-corrected chi connectivity index (χ2v) is 28.3. The zero-order valence-corrected chi connectivity index (χ0v) is 54.4. The number of thiophene rings is 4. The van der Waals surface area contributed by atoms with Crippen molar-refractivity contribution in [1.82, 2.24) is 9.80 Å². The van der Waals surface area contributed by atoms with Crippen molar-refractivity contribution in [2.45, 2.75) is 285 Å². The molecule has 4 aromatic rings. The molecule has 4 nitrogen and oxygen atoms in total. The maximum Gasteiger partial charge on any atom is 0.261 e. The van der Waals surface area contributed by atoms with Gasteiger partial charge in [0.05, 0.1) is 32.3 Å². The first kappa shape index (κ1) is 66.1. The highest BCUT2D eigenvalue weighted by molar-refractivity contribution is 7.23. The van der Waals surface area contributed by atoms with Gasteiger partial charge in [-0.3, -0.25) is 9.59 Å². The van der Waals surface area contributed by atoms with Crippen molar-refractivity contribution >= 4 is 80.7 Å². The Labute approximate surface area is 505 Å². The number of hydrogen-bond donors (Lipinski definition) is 0. The molecule has 6 rings (SSSR count). The molecule has 0 bridgehead atoms. The van der Waals surface area contributed by atoms with Crippen LogP contribution in [0.15, 0.2) is 70.4 Å². The molecule has 0 fully saturated rings. The van der Waals surface area contributed by atoms with E-state index in [0.29, 0.717) is 36.1 Å². The fourth-order valence-corrected chi connectivity index (χ4v) is 16.0. The molecule has 0 radical (unpaired) electrons. The summed E-state index contributed by atoms with van der Waals surface area (Å²) in [7, 11) is 0. The van der Waals surface area contributed by atoms with E-state index in [1.807, 2.05) is 11.3 Å². The van der Waals surface area contributed by atoms with Crippen LogP contribution in [0.4, 0.5) is 0 Å². The molecule has 4 aromatic heterocycles. The van der Waals surface area contributed by atoms with Gasteiger partial charge in [-0.15, -0.1) is 45.3 Å². The van der Waals surface area contributed by atoms with E-state index in [1.165, 1.54) is 251 Å². The molecule has 0 N–H and O–H groups in total. The van der Waals surface area contributed by atoms with E-state index in [-0.39, 0.29) is 11.8 Å². The van der Waals surface area contributed by atoms with Gasteiger partial charge in [0.2, 0.25) is 0 Å². The Bertz CT molecular complexity index is 2350. The summed E-state index contributed by atoms with van der Waals surface area (Å²) in [6.45, 7) is 10.6. The van der Waals surface area contributed by atoms with E-state index in [1.54, 1.807) is 34.0 Å². The third-order valence-corrected chi connectivity index (χ3v) is 21.4. The number of rotatable bonds is 49. The zero-order valence-electron chi connectivity index (χ0n) is 51.1. The molecule has 2 aliphatic heterocycles. The molecular formula is C72H110N2O2S4. The summed E-state index contributed by atoms with van der Waals surface area (Å²) in [5.41, 5.74) is 3.12. The quantitative estimate of drug-likeness (QED) is 0.0414. The highest BCUT2D eigenvalue weighted by Gasteiger charge is 2.50. The van der Waals surface area contributed by atoms with Crippen LogP contribution in [0.3, 0.4) is 0 Å². The smallest absolute Gasteiger partial charge is 0.261 e. The summed E-state index contributed by atoms with van der Waals surface area (Å²) >= 11 is 7.04. The van der Waals surface area contributed by atoms with Crippen LogP contribution in [0, 0.1) is 11.8 Å². The van der Waals surface area contributed by atoms with E-state index in [9.17, 15) is 0 Å². The number of hydrogen-bond acceptors (Lipinski definition) is 6. The first-order valence-electron chi connectivity index (χ1n) is 33.6. The first-order chi connectivity index (χ1) is 39.5. The van der Waals surface area contributed by atoms with Crippen molar-refractivity contribution in [3.63, 3.8) is 0 Å². The lowest BCUT2D eigenvalue weighted by Gasteiger charge is -2.29. The minimum absolute atomic E-state index is 0.0552. The second kappa shape index (κ2) is 40.3. The Morgan fingerprint density at radius 2 is 0.688 bits per heavy atom. The molecule has 0 aromatic carbocycles. The molecule has 444 valence electrons. The predicted octanol–water partition coefficient (Wildman–Crippen LogP) is 24.5. The SMILES string of the molecule is CCCCCCCCCCCCC(CCCCCCCCCC)CN1C(=O)C2=C(c3ccc(-c4ccc(/C=C/c5cccs5)s4)s3)N(CC(CCCCCCCCCC)CCCCCCCCCCCC)C(=O)C2=C1c1cccs1. The summed E-state index contributed by atoms with van der Waals surface area (Å²) < 4.78 is 0. The van der Waals surface area contributed by atoms with E-state index in [0.717, 1.165) is 46.8 Å². The molecule has 0 spiro atoms. The van der Waals surface area contributed by atoms with Crippen LogP contribution in [0.1, 0.15) is 304 Å². The predicted molar refractivity (Wildman–Crippen MR) is 357 cm³/mol. The van der Waals surface area contributed by atoms with Gasteiger partial charge in [-0.1, -0.05) is 271 Å². The van der Waals surface area contributed by atoms with E-state index >= 15 is 9.59 Å². The van der Waals surface area contributed by atoms with Gasteiger partial charge in [0.15, 0.2) is 0 Å². The monoisotopic (exact) mass is 1160 g/mol. The van der Waals surface area contributed by atoms with E-state index in [2.05, 4.69) is 109 Å². The van der Waals surface area contributed by atoms with Gasteiger partial charge < -0.3 is 9.80 Å². The summed E-state index contributed by atoms with van der Waals surface area (Å²) in [5.74, 6) is 0.912. The number of fused-ring (bicyclic) bond motifs is 1. The van der Waals surface area contributed by atoms with E-state index < -0.39 is 0 Å². The van der Waals surface area contributed by atoms with Crippen molar-refractivity contribution in [2.24, 2.45) is 11.8 Å². The molecule has 8 heteroatoms. The minimum Gasteiger partial charge on any atom is -0.306 e. The summed E-state index contributed by atoms with van der Waals surface area (Å²) in [4.78, 5) is 43.0. The Kier molecular flexibility index (Phi) is 33.3.